The van der Waals surface area contributed by atoms with Gasteiger partial charge in [-0.15, -0.1) is 0 Å². The molecule has 224 valence electrons. The lowest BCUT2D eigenvalue weighted by atomic mass is 9.85. The third-order valence-corrected chi connectivity index (χ3v) is 17.0. The fraction of sp³-hybridized carbons (Fsp3) is 0.629. The largest absolute Gasteiger partial charge is 0.459 e. The van der Waals surface area contributed by atoms with Crippen LogP contribution in [0.15, 0.2) is 60.7 Å². The summed E-state index contributed by atoms with van der Waals surface area (Å²) < 4.78 is 21.5. The molecule has 3 heterocycles. The van der Waals surface area contributed by atoms with Crippen molar-refractivity contribution in [2.24, 2.45) is 0 Å². The summed E-state index contributed by atoms with van der Waals surface area (Å²) in [6.45, 7) is 16.3. The van der Waals surface area contributed by atoms with Gasteiger partial charge < -0.3 is 18.4 Å². The number of benzene rings is 2. The van der Waals surface area contributed by atoms with Crippen molar-refractivity contribution in [1.29, 1.82) is 0 Å². The number of carbonyl (C=O) groups excluding carboxylic acids is 1. The quantitative estimate of drug-likeness (QED) is 0.117. The van der Waals surface area contributed by atoms with Crippen molar-refractivity contribution in [2.45, 2.75) is 120 Å². The Balaban J connectivity index is 1.46. The molecule has 5 nitrogen and oxygen atoms in total. The molecule has 3 saturated heterocycles. The molecule has 0 radical (unpaired) electrons. The minimum absolute atomic E-state index is 0.0512. The molecular weight excluding hydrogens is 526 g/mol. The van der Waals surface area contributed by atoms with Crippen LogP contribution in [0.2, 0.25) is 16.6 Å². The van der Waals surface area contributed by atoms with Crippen LogP contribution in [0.5, 0.6) is 0 Å². The zero-order chi connectivity index (χ0) is 29.3. The number of hydrogen-bond acceptors (Lipinski definition) is 4. The van der Waals surface area contributed by atoms with Crippen molar-refractivity contribution in [3.63, 3.8) is 0 Å². The van der Waals surface area contributed by atoms with E-state index in [9.17, 15) is 4.79 Å². The van der Waals surface area contributed by atoms with Gasteiger partial charge in [-0.3, -0.25) is 0 Å². The molecule has 3 fully saturated rings. The first kappa shape index (κ1) is 30.5. The number of hydrogen-bond donors (Lipinski definition) is 0. The van der Waals surface area contributed by atoms with Gasteiger partial charge in [0.2, 0.25) is 13.9 Å². The van der Waals surface area contributed by atoms with Crippen molar-refractivity contribution in [3.8, 4) is 0 Å². The van der Waals surface area contributed by atoms with E-state index in [-0.39, 0.29) is 18.9 Å². The van der Waals surface area contributed by atoms with Crippen molar-refractivity contribution in [1.82, 2.24) is 0 Å². The van der Waals surface area contributed by atoms with Gasteiger partial charge in [0.1, 0.15) is 12.9 Å². The van der Waals surface area contributed by atoms with E-state index in [2.05, 4.69) is 41.5 Å². The van der Waals surface area contributed by atoms with Crippen LogP contribution < -0.4 is 0 Å². The number of ether oxygens (including phenoxy) is 2. The molecule has 0 N–H and O–H groups in total. The van der Waals surface area contributed by atoms with E-state index in [1.807, 2.05) is 60.7 Å². The highest BCUT2D eigenvalue weighted by Crippen LogP contribution is 2.47. The van der Waals surface area contributed by atoms with Crippen LogP contribution in [0.1, 0.15) is 91.2 Å². The Morgan fingerprint density at radius 3 is 1.71 bits per heavy atom. The van der Waals surface area contributed by atoms with Gasteiger partial charge in [0.15, 0.2) is 0 Å². The molecule has 2 aromatic rings. The number of rotatable bonds is 11. The number of esters is 1. The summed E-state index contributed by atoms with van der Waals surface area (Å²) in [5, 5.41) is 0. The minimum atomic E-state index is -2.21. The molecular formula is C35H52NO4Si+. The van der Waals surface area contributed by atoms with Gasteiger partial charge in [0.05, 0.1) is 25.2 Å². The summed E-state index contributed by atoms with van der Waals surface area (Å²) in [5.41, 5.74) is 1.42. The van der Waals surface area contributed by atoms with Gasteiger partial charge in [-0.2, -0.15) is 0 Å². The van der Waals surface area contributed by atoms with Crippen molar-refractivity contribution >= 4 is 14.3 Å². The zero-order valence-electron chi connectivity index (χ0n) is 26.2. The third-order valence-electron chi connectivity index (χ3n) is 11.0. The summed E-state index contributed by atoms with van der Waals surface area (Å²) >= 11 is 0. The Morgan fingerprint density at radius 1 is 0.805 bits per heavy atom. The average molecular weight is 579 g/mol. The second kappa shape index (κ2) is 12.3. The van der Waals surface area contributed by atoms with E-state index in [1.165, 1.54) is 43.3 Å². The lowest BCUT2D eigenvalue weighted by Crippen LogP contribution is -2.60. The predicted octanol–water partition coefficient (Wildman–Crippen LogP) is 7.94. The lowest BCUT2D eigenvalue weighted by Gasteiger charge is -2.47. The molecule has 2 bridgehead atoms. The highest BCUT2D eigenvalue weighted by atomic mass is 28.4. The first-order chi connectivity index (χ1) is 19.7. The topological polar surface area (TPSA) is 44.8 Å². The van der Waals surface area contributed by atoms with Gasteiger partial charge in [-0.1, -0.05) is 102 Å². The molecule has 2 aromatic carbocycles. The van der Waals surface area contributed by atoms with Crippen LogP contribution in [-0.4, -0.2) is 56.8 Å². The SMILES string of the molecule is CC(C)[Si](OCOC(C(=O)OC1CC2CCC(C1)[N+]21CCCC1)(c1ccccc1)c1ccccc1)(C(C)C)C(C)C. The first-order valence-corrected chi connectivity index (χ1v) is 18.3. The van der Waals surface area contributed by atoms with Crippen LogP contribution in [0.4, 0.5) is 0 Å². The molecule has 2 atom stereocenters. The minimum Gasteiger partial charge on any atom is -0.459 e. The lowest BCUT2D eigenvalue weighted by molar-refractivity contribution is -0.956. The average Bonchev–Trinajstić information content (AvgIpc) is 3.50. The highest BCUT2D eigenvalue weighted by Gasteiger charge is 2.57. The number of nitrogens with zero attached hydrogens (tertiary/aromatic N) is 1. The number of carbonyl (C=O) groups is 1. The summed E-state index contributed by atoms with van der Waals surface area (Å²) in [4.78, 5) is 14.6. The second-order valence-electron chi connectivity index (χ2n) is 13.8. The molecule has 0 saturated carbocycles. The monoisotopic (exact) mass is 578 g/mol. The molecule has 41 heavy (non-hydrogen) atoms. The van der Waals surface area contributed by atoms with Gasteiger partial charge in [-0.05, 0) is 27.8 Å². The smallest absolute Gasteiger partial charge is 0.348 e. The standard InChI is InChI=1S/C35H52NO4Si/c1-26(2)41(27(3)4,28(5)6)39-25-38-35(29-15-9-7-10-16-29,30-17-11-8-12-18-30)34(37)40-33-23-31-19-20-32(24-33)36(31)21-13-14-22-36/h7-12,15-18,26-28,31-33H,13-14,19-25H2,1-6H3/q+1. The molecule has 0 aromatic heterocycles. The summed E-state index contributed by atoms with van der Waals surface area (Å²) in [5.74, 6) is -0.316. The second-order valence-corrected chi connectivity index (χ2v) is 19.2. The molecule has 6 heteroatoms. The molecule has 1 spiro atoms. The van der Waals surface area contributed by atoms with Gasteiger partial charge in [0, 0.05) is 38.5 Å². The Bertz CT molecular complexity index is 1070. The van der Waals surface area contributed by atoms with Gasteiger partial charge in [0.25, 0.3) is 0 Å². The molecule has 0 aliphatic carbocycles. The summed E-state index contributed by atoms with van der Waals surface area (Å²) in [7, 11) is -2.21. The van der Waals surface area contributed by atoms with Crippen molar-refractivity contribution in [2.75, 3.05) is 19.9 Å². The molecule has 3 aliphatic heterocycles. The Kier molecular flexibility index (Phi) is 9.15. The Labute approximate surface area is 249 Å². The van der Waals surface area contributed by atoms with Crippen LogP contribution >= 0.6 is 0 Å². The fourth-order valence-electron chi connectivity index (χ4n) is 9.23. The van der Waals surface area contributed by atoms with Crippen molar-refractivity contribution < 1.29 is 23.2 Å². The summed E-state index contributed by atoms with van der Waals surface area (Å²) in [6.07, 6.45) is 7.05. The third kappa shape index (κ3) is 5.35. The van der Waals surface area contributed by atoms with Crippen molar-refractivity contribution in [3.05, 3.63) is 71.8 Å². The predicted molar refractivity (Wildman–Crippen MR) is 167 cm³/mol. The maximum absolute atomic E-state index is 14.6. The van der Waals surface area contributed by atoms with E-state index in [4.69, 9.17) is 13.9 Å². The van der Waals surface area contributed by atoms with Gasteiger partial charge >= 0.3 is 5.97 Å². The molecule has 3 aliphatic rings. The van der Waals surface area contributed by atoms with Gasteiger partial charge in [-0.25, -0.2) is 4.79 Å². The zero-order valence-corrected chi connectivity index (χ0v) is 27.2. The van der Waals surface area contributed by atoms with E-state index >= 15 is 0 Å². The highest BCUT2D eigenvalue weighted by molar-refractivity contribution is 6.77. The van der Waals surface area contributed by atoms with Crippen LogP contribution in [0.3, 0.4) is 0 Å². The fourth-order valence-corrected chi connectivity index (χ4v) is 14.5. The van der Waals surface area contributed by atoms with E-state index < -0.39 is 13.9 Å². The van der Waals surface area contributed by atoms with Crippen LogP contribution in [0.25, 0.3) is 0 Å². The maximum atomic E-state index is 14.6. The summed E-state index contributed by atoms with van der Waals surface area (Å²) in [6, 6.07) is 21.0. The number of piperidine rings is 1. The van der Waals surface area contributed by atoms with E-state index in [0.717, 1.165) is 24.0 Å². The maximum Gasteiger partial charge on any atom is 0.348 e. The van der Waals surface area contributed by atoms with Crippen LogP contribution in [-0.2, 0) is 24.3 Å². The molecule has 5 rings (SSSR count). The van der Waals surface area contributed by atoms with Crippen LogP contribution in [0, 0.1) is 0 Å². The molecule has 0 amide bonds. The number of quaternary nitrogens is 1. The van der Waals surface area contributed by atoms with E-state index in [1.54, 1.807) is 0 Å². The Morgan fingerprint density at radius 2 is 1.27 bits per heavy atom. The first-order valence-electron chi connectivity index (χ1n) is 16.1. The normalized spacial score (nSPS) is 24.1. The molecule has 2 unspecified atom stereocenters. The van der Waals surface area contributed by atoms with E-state index in [0.29, 0.717) is 28.7 Å². The Hall–Kier alpha value is -1.99.